The largest absolute Gasteiger partial charge is 0.496 e. The van der Waals surface area contributed by atoms with Crippen molar-refractivity contribution in [2.45, 2.75) is 71.4 Å². The van der Waals surface area contributed by atoms with E-state index in [1.807, 2.05) is 36.7 Å². The van der Waals surface area contributed by atoms with Crippen molar-refractivity contribution in [3.05, 3.63) is 30.0 Å². The SMILES string of the molecule is COC(=O)CNC(=O)C[C@H](CC(C)C)NC(=O)c1cc(-c2c(OC)cccc2OC)n(C2CCC(C)CC2)n1. The van der Waals surface area contributed by atoms with E-state index in [0.717, 1.165) is 36.9 Å². The lowest BCUT2D eigenvalue weighted by Gasteiger charge is -2.28. The Morgan fingerprint density at radius 3 is 2.26 bits per heavy atom. The minimum atomic E-state index is -0.533. The molecular weight excluding hydrogens is 500 g/mol. The lowest BCUT2D eigenvalue weighted by atomic mass is 9.87. The summed E-state index contributed by atoms with van der Waals surface area (Å²) in [5, 5.41) is 10.3. The van der Waals surface area contributed by atoms with E-state index < -0.39 is 12.0 Å². The van der Waals surface area contributed by atoms with Crippen molar-refractivity contribution in [3.8, 4) is 22.8 Å². The topological polar surface area (TPSA) is 121 Å². The van der Waals surface area contributed by atoms with Gasteiger partial charge in [0.25, 0.3) is 5.91 Å². The van der Waals surface area contributed by atoms with Crippen LogP contribution >= 0.6 is 0 Å². The Hall–Kier alpha value is -3.56. The first kappa shape index (κ1) is 30.0. The van der Waals surface area contributed by atoms with E-state index >= 15 is 0 Å². The fourth-order valence-corrected chi connectivity index (χ4v) is 5.12. The maximum Gasteiger partial charge on any atom is 0.325 e. The smallest absolute Gasteiger partial charge is 0.325 e. The number of carbonyl (C=O) groups excluding carboxylic acids is 3. The van der Waals surface area contributed by atoms with Gasteiger partial charge in [0.15, 0.2) is 5.69 Å². The summed E-state index contributed by atoms with van der Waals surface area (Å²) in [5.41, 5.74) is 1.76. The zero-order chi connectivity index (χ0) is 28.5. The molecule has 0 spiro atoms. The predicted octanol–water partition coefficient (Wildman–Crippen LogP) is 4.14. The average molecular weight is 543 g/mol. The second-order valence-corrected chi connectivity index (χ2v) is 10.7. The van der Waals surface area contributed by atoms with E-state index in [1.54, 1.807) is 20.3 Å². The highest BCUT2D eigenvalue weighted by Crippen LogP contribution is 2.42. The molecule has 0 unspecified atom stereocenters. The number of benzene rings is 1. The summed E-state index contributed by atoms with van der Waals surface area (Å²) in [5.74, 6) is 0.921. The van der Waals surface area contributed by atoms with Gasteiger partial charge >= 0.3 is 5.97 Å². The molecule has 1 aliphatic carbocycles. The van der Waals surface area contributed by atoms with Gasteiger partial charge in [0.2, 0.25) is 5.91 Å². The number of methoxy groups -OCH3 is 3. The summed E-state index contributed by atoms with van der Waals surface area (Å²) < 4.78 is 17.9. The van der Waals surface area contributed by atoms with Crippen LogP contribution in [-0.4, -0.2) is 61.5 Å². The molecule has 0 saturated heterocycles. The summed E-state index contributed by atoms with van der Waals surface area (Å²) in [6.45, 7) is 6.09. The lowest BCUT2D eigenvalue weighted by molar-refractivity contribution is -0.141. The molecule has 214 valence electrons. The van der Waals surface area contributed by atoms with Gasteiger partial charge < -0.3 is 24.8 Å². The number of esters is 1. The van der Waals surface area contributed by atoms with Crippen molar-refractivity contribution < 1.29 is 28.6 Å². The summed E-state index contributed by atoms with van der Waals surface area (Å²) in [6, 6.07) is 7.08. The van der Waals surface area contributed by atoms with Crippen LogP contribution in [-0.2, 0) is 14.3 Å². The molecule has 10 heteroatoms. The number of carbonyl (C=O) groups is 3. The van der Waals surface area contributed by atoms with Crippen LogP contribution in [0.15, 0.2) is 24.3 Å². The van der Waals surface area contributed by atoms with Crippen LogP contribution < -0.4 is 20.1 Å². The minimum Gasteiger partial charge on any atom is -0.496 e. The third-order valence-electron chi connectivity index (χ3n) is 7.16. The molecule has 2 N–H and O–H groups in total. The third kappa shape index (κ3) is 7.97. The molecule has 3 rings (SSSR count). The van der Waals surface area contributed by atoms with Gasteiger partial charge in [-0.15, -0.1) is 0 Å². The van der Waals surface area contributed by atoms with E-state index in [4.69, 9.17) is 14.6 Å². The summed E-state index contributed by atoms with van der Waals surface area (Å²) >= 11 is 0. The van der Waals surface area contributed by atoms with Crippen LogP contribution in [0.25, 0.3) is 11.3 Å². The molecule has 10 nitrogen and oxygen atoms in total. The fraction of sp³-hybridized carbons (Fsp3) is 0.586. The van der Waals surface area contributed by atoms with Gasteiger partial charge in [0.1, 0.15) is 18.0 Å². The normalized spacial score (nSPS) is 17.8. The molecule has 2 aromatic rings. The number of hydrogen-bond donors (Lipinski definition) is 2. The monoisotopic (exact) mass is 542 g/mol. The van der Waals surface area contributed by atoms with Crippen molar-refractivity contribution in [2.24, 2.45) is 11.8 Å². The lowest BCUT2D eigenvalue weighted by Crippen LogP contribution is -2.41. The van der Waals surface area contributed by atoms with Crippen LogP contribution in [0.5, 0.6) is 11.5 Å². The molecule has 1 aromatic heterocycles. The third-order valence-corrected chi connectivity index (χ3v) is 7.16. The second kappa shape index (κ2) is 14.0. The highest BCUT2D eigenvalue weighted by Gasteiger charge is 2.29. The van der Waals surface area contributed by atoms with Gasteiger partial charge in [-0.25, -0.2) is 0 Å². The standard InChI is InChI=1S/C29H42N4O6/c1-18(2)14-20(15-26(34)30-17-27(35)39-6)31-29(36)22-16-23(28-24(37-4)8-7-9-25(28)38-5)33(32-22)21-12-10-19(3)11-13-21/h7-9,16,18-21H,10-15,17H2,1-6H3,(H,30,34)(H,31,36)/t19?,20-,21?/m0/s1. The first-order valence-electron chi connectivity index (χ1n) is 13.6. The van der Waals surface area contributed by atoms with Crippen molar-refractivity contribution in [1.82, 2.24) is 20.4 Å². The maximum atomic E-state index is 13.5. The van der Waals surface area contributed by atoms with Gasteiger partial charge in [-0.1, -0.05) is 26.8 Å². The van der Waals surface area contributed by atoms with Gasteiger partial charge in [0, 0.05) is 12.5 Å². The Labute approximate surface area is 230 Å². The van der Waals surface area contributed by atoms with Crippen LogP contribution in [0.4, 0.5) is 0 Å². The number of hydrogen-bond acceptors (Lipinski definition) is 7. The zero-order valence-electron chi connectivity index (χ0n) is 23.9. The quantitative estimate of drug-likeness (QED) is 0.387. The molecule has 0 bridgehead atoms. The van der Waals surface area contributed by atoms with E-state index in [1.165, 1.54) is 7.11 Å². The first-order valence-corrected chi connectivity index (χ1v) is 13.6. The van der Waals surface area contributed by atoms with Crippen LogP contribution in [0.2, 0.25) is 0 Å². The number of nitrogens with one attached hydrogen (secondary N) is 2. The predicted molar refractivity (Wildman–Crippen MR) is 148 cm³/mol. The van der Waals surface area contributed by atoms with Gasteiger partial charge in [-0.3, -0.25) is 19.1 Å². The minimum absolute atomic E-state index is 0.0370. The van der Waals surface area contributed by atoms with Crippen molar-refractivity contribution in [1.29, 1.82) is 0 Å². The first-order chi connectivity index (χ1) is 18.7. The molecule has 1 aliphatic rings. The van der Waals surface area contributed by atoms with Crippen LogP contribution in [0.1, 0.15) is 75.8 Å². The summed E-state index contributed by atoms with van der Waals surface area (Å²) in [4.78, 5) is 37.4. The second-order valence-electron chi connectivity index (χ2n) is 10.7. The zero-order valence-corrected chi connectivity index (χ0v) is 23.9. The van der Waals surface area contributed by atoms with Crippen molar-refractivity contribution in [3.63, 3.8) is 0 Å². The highest BCUT2D eigenvalue weighted by molar-refractivity contribution is 5.94. The summed E-state index contributed by atoms with van der Waals surface area (Å²) in [6.07, 6.45) is 4.73. The number of rotatable bonds is 12. The van der Waals surface area contributed by atoms with Gasteiger partial charge in [0.05, 0.1) is 38.6 Å². The number of ether oxygens (including phenoxy) is 3. The number of amides is 2. The molecule has 1 heterocycles. The molecule has 0 radical (unpaired) electrons. The molecule has 0 aliphatic heterocycles. The molecule has 2 amide bonds. The van der Waals surface area contributed by atoms with E-state index in [9.17, 15) is 14.4 Å². The van der Waals surface area contributed by atoms with Gasteiger partial charge in [-0.2, -0.15) is 5.10 Å². The van der Waals surface area contributed by atoms with Crippen LogP contribution in [0.3, 0.4) is 0 Å². The molecule has 1 aromatic carbocycles. The molecule has 1 saturated carbocycles. The number of nitrogens with zero attached hydrogens (tertiary/aromatic N) is 2. The van der Waals surface area contributed by atoms with Crippen molar-refractivity contribution in [2.75, 3.05) is 27.9 Å². The Bertz CT molecular complexity index is 1110. The van der Waals surface area contributed by atoms with Crippen LogP contribution in [0, 0.1) is 11.8 Å². The van der Waals surface area contributed by atoms with E-state index in [-0.39, 0.29) is 42.4 Å². The van der Waals surface area contributed by atoms with E-state index in [0.29, 0.717) is 23.8 Å². The summed E-state index contributed by atoms with van der Waals surface area (Å²) in [7, 11) is 4.48. The number of aromatic nitrogens is 2. The Kier molecular flexibility index (Phi) is 10.8. The Morgan fingerprint density at radius 2 is 1.69 bits per heavy atom. The molecule has 39 heavy (non-hydrogen) atoms. The fourth-order valence-electron chi connectivity index (χ4n) is 5.12. The van der Waals surface area contributed by atoms with Gasteiger partial charge in [-0.05, 0) is 62.1 Å². The Morgan fingerprint density at radius 1 is 1.05 bits per heavy atom. The maximum absolute atomic E-state index is 13.5. The molecule has 1 atom stereocenters. The Balaban J connectivity index is 1.92. The molecular formula is C29H42N4O6. The van der Waals surface area contributed by atoms with Crippen molar-refractivity contribution >= 4 is 17.8 Å². The highest BCUT2D eigenvalue weighted by atomic mass is 16.5. The molecule has 1 fully saturated rings. The average Bonchev–Trinajstić information content (AvgIpc) is 3.36. The van der Waals surface area contributed by atoms with E-state index in [2.05, 4.69) is 22.3 Å².